The highest BCUT2D eigenvalue weighted by molar-refractivity contribution is 5.76. The van der Waals surface area contributed by atoms with Crippen LogP contribution in [-0.4, -0.2) is 193 Å². The molecule has 0 spiro atoms. The van der Waals surface area contributed by atoms with Gasteiger partial charge in [0.05, 0.1) is 38.6 Å². The summed E-state index contributed by atoms with van der Waals surface area (Å²) in [6.07, 6.45) is 42.2. The Hall–Kier alpha value is -3.03. The molecule has 17 atom stereocenters. The average Bonchev–Trinajstić information content (AvgIpc) is 0.854. The van der Waals surface area contributed by atoms with Gasteiger partial charge in [-0.25, -0.2) is 0 Å². The number of aliphatic hydroxyl groups excluding tert-OH is 11. The first-order chi connectivity index (χ1) is 44.8. The molecule has 0 aromatic heterocycles. The number of allylic oxidation sites excluding steroid dienone is 14. The van der Waals surface area contributed by atoms with Crippen LogP contribution in [0, 0.1) is 0 Å². The molecule has 0 aromatic rings. The summed E-state index contributed by atoms with van der Waals surface area (Å²) in [5.74, 6) is -0.263. The average molecular weight is 1310 g/mol. The quantitative estimate of drug-likeness (QED) is 0.0199. The van der Waals surface area contributed by atoms with Gasteiger partial charge in [-0.05, 0) is 70.6 Å². The predicted molar refractivity (Wildman–Crippen MR) is 360 cm³/mol. The Morgan fingerprint density at radius 3 is 1.17 bits per heavy atom. The van der Waals surface area contributed by atoms with Crippen molar-refractivity contribution < 1.29 is 89.4 Å². The van der Waals surface area contributed by atoms with Crippen LogP contribution in [0.2, 0.25) is 0 Å². The molecular formula is C73H127NO18. The minimum atomic E-state index is -1.98. The van der Waals surface area contributed by atoms with Gasteiger partial charge in [0.2, 0.25) is 5.91 Å². The van der Waals surface area contributed by atoms with Crippen molar-refractivity contribution in [3.8, 4) is 0 Å². The highest BCUT2D eigenvalue weighted by Gasteiger charge is 2.53. The monoisotopic (exact) mass is 1310 g/mol. The Morgan fingerprint density at radius 2 is 0.750 bits per heavy atom. The Bertz CT molecular complexity index is 2000. The number of ether oxygens (including phenoxy) is 6. The maximum atomic E-state index is 13.4. The van der Waals surface area contributed by atoms with Crippen molar-refractivity contribution in [1.82, 2.24) is 5.32 Å². The first-order valence-electron chi connectivity index (χ1n) is 35.8. The summed E-state index contributed by atoms with van der Waals surface area (Å²) in [7, 11) is 0. The van der Waals surface area contributed by atoms with E-state index in [4.69, 9.17) is 28.4 Å². The van der Waals surface area contributed by atoms with Crippen LogP contribution < -0.4 is 5.32 Å². The normalized spacial score (nSPS) is 28.2. The highest BCUT2D eigenvalue weighted by Crippen LogP contribution is 2.33. The summed E-state index contributed by atoms with van der Waals surface area (Å²) in [6, 6.07) is -0.905. The van der Waals surface area contributed by atoms with Crippen molar-refractivity contribution in [3.63, 3.8) is 0 Å². The van der Waals surface area contributed by atoms with Gasteiger partial charge in [-0.2, -0.15) is 0 Å². The summed E-state index contributed by atoms with van der Waals surface area (Å²) in [5.41, 5.74) is 0. The van der Waals surface area contributed by atoms with Gasteiger partial charge in [0, 0.05) is 6.42 Å². The van der Waals surface area contributed by atoms with E-state index < -0.39 is 124 Å². The number of unbranched alkanes of at least 4 members (excludes halogenated alkanes) is 24. The molecule has 3 fully saturated rings. The van der Waals surface area contributed by atoms with E-state index in [1.165, 1.54) is 103 Å². The third-order valence-electron chi connectivity index (χ3n) is 17.5. The highest BCUT2D eigenvalue weighted by atomic mass is 16.8. The van der Waals surface area contributed by atoms with E-state index in [0.717, 1.165) is 103 Å². The zero-order valence-electron chi connectivity index (χ0n) is 56.3. The summed E-state index contributed by atoms with van der Waals surface area (Å²) in [6.45, 7) is 1.68. The largest absolute Gasteiger partial charge is 0.394 e. The third-order valence-corrected chi connectivity index (χ3v) is 17.5. The minimum Gasteiger partial charge on any atom is -0.394 e. The smallest absolute Gasteiger partial charge is 0.220 e. The lowest BCUT2D eigenvalue weighted by molar-refractivity contribution is -0.379. The lowest BCUT2D eigenvalue weighted by atomic mass is 9.96. The molecular weight excluding hydrogens is 1180 g/mol. The maximum absolute atomic E-state index is 13.4. The van der Waals surface area contributed by atoms with Gasteiger partial charge in [0.1, 0.15) is 73.2 Å². The molecule has 0 aliphatic carbocycles. The fourth-order valence-corrected chi connectivity index (χ4v) is 11.7. The molecule has 12 N–H and O–H groups in total. The topological polar surface area (TPSA) is 307 Å². The van der Waals surface area contributed by atoms with Crippen LogP contribution in [0.1, 0.15) is 239 Å². The number of rotatable bonds is 54. The van der Waals surface area contributed by atoms with Crippen LogP contribution >= 0.6 is 0 Å². The summed E-state index contributed by atoms with van der Waals surface area (Å²) >= 11 is 0. The van der Waals surface area contributed by atoms with Gasteiger partial charge in [0.15, 0.2) is 18.9 Å². The van der Waals surface area contributed by atoms with Crippen LogP contribution in [-0.2, 0) is 33.2 Å². The molecule has 3 saturated heterocycles. The van der Waals surface area contributed by atoms with Gasteiger partial charge in [-0.3, -0.25) is 4.79 Å². The van der Waals surface area contributed by atoms with E-state index in [-0.39, 0.29) is 18.9 Å². The van der Waals surface area contributed by atoms with Crippen LogP contribution in [0.25, 0.3) is 0 Å². The van der Waals surface area contributed by atoms with E-state index in [1.54, 1.807) is 0 Å². The Balaban J connectivity index is 1.43. The van der Waals surface area contributed by atoms with Crippen molar-refractivity contribution in [2.24, 2.45) is 0 Å². The SMILES string of the molecule is CC/C=C\C/C=C\C/C=C\C/C=C\C/C=C\C/C=C\C/C=C\CCCCCCCC(=O)NC(COC1OC(CO)C(OC2OC(CO)C(OC3OC(CO)C(O)C(O)C3O)C(O)C2O)C(O)C1O)C(O)CCCCCCCCCCCCCCCCCCCCCC. The molecule has 92 heavy (non-hydrogen) atoms. The van der Waals surface area contributed by atoms with E-state index >= 15 is 0 Å². The molecule has 0 saturated carbocycles. The number of hydrogen-bond donors (Lipinski definition) is 12. The molecule has 1 amide bonds. The molecule has 3 aliphatic heterocycles. The van der Waals surface area contributed by atoms with Crippen molar-refractivity contribution in [1.29, 1.82) is 0 Å². The van der Waals surface area contributed by atoms with Crippen molar-refractivity contribution >= 4 is 5.91 Å². The van der Waals surface area contributed by atoms with E-state index in [9.17, 15) is 61.0 Å². The minimum absolute atomic E-state index is 0.239. The van der Waals surface area contributed by atoms with Crippen LogP contribution in [0.3, 0.4) is 0 Å². The third kappa shape index (κ3) is 35.3. The zero-order chi connectivity index (χ0) is 66.8. The number of nitrogens with one attached hydrogen (secondary N) is 1. The molecule has 3 heterocycles. The van der Waals surface area contributed by atoms with Gasteiger partial charge >= 0.3 is 0 Å². The zero-order valence-corrected chi connectivity index (χ0v) is 56.3. The van der Waals surface area contributed by atoms with Crippen molar-refractivity contribution in [2.75, 3.05) is 26.4 Å². The predicted octanol–water partition coefficient (Wildman–Crippen LogP) is 9.88. The molecule has 0 aromatic carbocycles. The lowest BCUT2D eigenvalue weighted by Gasteiger charge is -2.48. The summed E-state index contributed by atoms with van der Waals surface area (Å²) in [4.78, 5) is 13.4. The van der Waals surface area contributed by atoms with Gasteiger partial charge in [-0.15, -0.1) is 0 Å². The van der Waals surface area contributed by atoms with Crippen LogP contribution in [0.4, 0.5) is 0 Å². The van der Waals surface area contributed by atoms with E-state index in [2.05, 4.69) is 104 Å². The van der Waals surface area contributed by atoms with Gasteiger partial charge in [-0.1, -0.05) is 247 Å². The number of aliphatic hydroxyl groups is 11. The van der Waals surface area contributed by atoms with E-state index in [0.29, 0.717) is 12.8 Å². The fourth-order valence-electron chi connectivity index (χ4n) is 11.7. The summed E-state index contributed by atoms with van der Waals surface area (Å²) < 4.78 is 34.4. The Morgan fingerprint density at radius 1 is 0.402 bits per heavy atom. The molecule has 19 heteroatoms. The molecule has 0 bridgehead atoms. The fraction of sp³-hybridized carbons (Fsp3) is 0.795. The Kier molecular flexibility index (Phi) is 48.9. The number of carbonyl (C=O) groups is 1. The maximum Gasteiger partial charge on any atom is 0.220 e. The van der Waals surface area contributed by atoms with Crippen LogP contribution in [0.15, 0.2) is 85.1 Å². The number of hydrogen-bond acceptors (Lipinski definition) is 18. The second-order valence-electron chi connectivity index (χ2n) is 25.3. The summed E-state index contributed by atoms with van der Waals surface area (Å²) in [5, 5.41) is 121. The molecule has 532 valence electrons. The number of carbonyl (C=O) groups excluding carboxylic acids is 1. The second-order valence-corrected chi connectivity index (χ2v) is 25.3. The number of amides is 1. The molecule has 3 rings (SSSR count). The first kappa shape index (κ1) is 83.2. The van der Waals surface area contributed by atoms with Crippen LogP contribution in [0.5, 0.6) is 0 Å². The first-order valence-corrected chi connectivity index (χ1v) is 35.8. The standard InChI is InChI=1S/C73H127NO18/c1-3-5-7-9-11-13-15-17-19-21-23-25-26-27-28-29-30-31-33-35-37-39-41-43-45-47-49-51-61(79)74-56(57(78)50-48-46-44-42-40-38-36-34-32-24-22-20-18-16-14-12-10-8-6-4-2)55-87-71-67(85)64(82)69(59(53-76)89-71)92-73-68(86)65(83)70(60(54-77)90-73)91-72-66(84)63(81)62(80)58(52-75)88-72/h5,7,11,13,17,19,23,25,27-28,30-31,35,37,56-60,62-73,75-78,80-86H,3-4,6,8-10,12,14-16,18,20-22,24,26,29,32-34,36,38-55H2,1-2H3,(H,74,79)/b7-5-,13-11-,19-17-,25-23-,28-27-,31-30-,37-35-. The van der Waals surface area contributed by atoms with Crippen molar-refractivity contribution in [2.45, 2.75) is 343 Å². The van der Waals surface area contributed by atoms with Gasteiger partial charge < -0.3 is 89.9 Å². The molecule has 17 unspecified atom stereocenters. The van der Waals surface area contributed by atoms with Gasteiger partial charge in [0.25, 0.3) is 0 Å². The lowest BCUT2D eigenvalue weighted by Crippen LogP contribution is -2.66. The molecule has 0 radical (unpaired) electrons. The van der Waals surface area contributed by atoms with E-state index in [1.807, 2.05) is 0 Å². The van der Waals surface area contributed by atoms with Crippen molar-refractivity contribution in [3.05, 3.63) is 85.1 Å². The molecule has 19 nitrogen and oxygen atoms in total. The molecule has 3 aliphatic rings. The Labute approximate surface area is 552 Å². The second kappa shape index (κ2) is 54.0.